The van der Waals surface area contributed by atoms with E-state index in [2.05, 4.69) is 4.99 Å². The van der Waals surface area contributed by atoms with Gasteiger partial charge in [-0.15, -0.1) is 0 Å². The molecule has 14 heteroatoms. The molecule has 30 heavy (non-hydrogen) atoms. The molecule has 0 saturated heterocycles. The second-order valence-corrected chi connectivity index (χ2v) is 8.12. The van der Waals surface area contributed by atoms with Crippen molar-refractivity contribution in [1.82, 2.24) is 5.06 Å². The fourth-order valence-electron chi connectivity index (χ4n) is 2.33. The van der Waals surface area contributed by atoms with Crippen molar-refractivity contribution in [2.24, 2.45) is 4.99 Å². The summed E-state index contributed by atoms with van der Waals surface area (Å²) in [5.41, 5.74) is -3.67. The van der Waals surface area contributed by atoms with Crippen molar-refractivity contribution in [3.63, 3.8) is 0 Å². The van der Waals surface area contributed by atoms with Crippen LogP contribution in [0.25, 0.3) is 0 Å². The summed E-state index contributed by atoms with van der Waals surface area (Å²) in [6.07, 6.45) is 0.786. The van der Waals surface area contributed by atoms with Crippen LogP contribution in [0.5, 0.6) is 5.75 Å². The number of hydrogen-bond acceptors (Lipinski definition) is 11. The Labute approximate surface area is 175 Å². The van der Waals surface area contributed by atoms with Crippen LogP contribution >= 0.6 is 11.6 Å². The minimum Gasteiger partial charge on any atom is -0.461 e. The van der Waals surface area contributed by atoms with Gasteiger partial charge in [0.2, 0.25) is 5.71 Å². The second kappa shape index (κ2) is 9.08. The van der Waals surface area contributed by atoms with Crippen LogP contribution < -0.4 is 4.74 Å². The van der Waals surface area contributed by atoms with E-state index in [1.54, 1.807) is 0 Å². The molecule has 0 amide bonds. The zero-order chi connectivity index (χ0) is 22.6. The Bertz CT molecular complexity index is 1090. The van der Waals surface area contributed by atoms with Gasteiger partial charge in [-0.2, -0.15) is 10.3 Å². The molecule has 160 valence electrons. The highest BCUT2D eigenvalue weighted by atomic mass is 35.5. The van der Waals surface area contributed by atoms with Crippen molar-refractivity contribution >= 4 is 33.1 Å². The van der Waals surface area contributed by atoms with Crippen LogP contribution in [-0.2, 0) is 24.2 Å². The standard InChI is InChI=1S/C16H15ClN4O8S/c1-4-28-15(22)12-13(21(23)24)14(20(27-2)16(19-12)30(3,25)26)29-11-7-9(8-18)5-6-10(11)17/h5-7,16H,4H2,1-3H3. The molecule has 0 bridgehead atoms. The molecule has 1 aliphatic heterocycles. The number of nitro groups is 1. The zero-order valence-corrected chi connectivity index (χ0v) is 17.4. The van der Waals surface area contributed by atoms with Crippen molar-refractivity contribution in [2.75, 3.05) is 20.0 Å². The molecule has 12 nitrogen and oxygen atoms in total. The smallest absolute Gasteiger partial charge is 0.364 e. The molecule has 0 N–H and O–H groups in total. The number of nitrogens with zero attached hydrogens (tertiary/aromatic N) is 4. The average molecular weight is 459 g/mol. The van der Waals surface area contributed by atoms with Crippen molar-refractivity contribution in [2.45, 2.75) is 12.4 Å². The lowest BCUT2D eigenvalue weighted by atomic mass is 10.2. The van der Waals surface area contributed by atoms with E-state index >= 15 is 0 Å². The van der Waals surface area contributed by atoms with Crippen molar-refractivity contribution in [3.8, 4) is 11.8 Å². The molecule has 1 atom stereocenters. The molecule has 0 radical (unpaired) electrons. The lowest BCUT2D eigenvalue weighted by Crippen LogP contribution is -2.47. The van der Waals surface area contributed by atoms with Gasteiger partial charge in [-0.3, -0.25) is 15.0 Å². The molecule has 0 fully saturated rings. The van der Waals surface area contributed by atoms with Crippen LogP contribution in [0.1, 0.15) is 12.5 Å². The average Bonchev–Trinajstić information content (AvgIpc) is 2.67. The number of ether oxygens (including phenoxy) is 2. The predicted octanol–water partition coefficient (Wildman–Crippen LogP) is 1.25. The topological polar surface area (TPSA) is 161 Å². The van der Waals surface area contributed by atoms with Gasteiger partial charge in [0.15, 0.2) is 9.84 Å². The molecule has 2 rings (SSSR count). The first kappa shape index (κ1) is 23.1. The van der Waals surface area contributed by atoms with Crippen molar-refractivity contribution in [3.05, 3.63) is 50.5 Å². The highest BCUT2D eigenvalue weighted by molar-refractivity contribution is 7.91. The summed E-state index contributed by atoms with van der Waals surface area (Å²) in [7, 11) is -3.06. The van der Waals surface area contributed by atoms with Crippen molar-refractivity contribution < 1.29 is 32.4 Å². The van der Waals surface area contributed by atoms with Crippen LogP contribution in [0.15, 0.2) is 34.8 Å². The maximum atomic E-state index is 12.3. The van der Waals surface area contributed by atoms with Crippen LogP contribution in [0.4, 0.5) is 0 Å². The normalized spacial score (nSPS) is 16.6. The number of benzene rings is 1. The fourth-order valence-corrected chi connectivity index (χ4v) is 3.32. The van der Waals surface area contributed by atoms with Gasteiger partial charge in [0, 0.05) is 12.3 Å². The Hall–Kier alpha value is -3.21. The minimum atomic E-state index is -4.08. The largest absolute Gasteiger partial charge is 0.461 e. The van der Waals surface area contributed by atoms with Gasteiger partial charge in [-0.25, -0.2) is 18.2 Å². The number of esters is 1. The molecule has 0 spiro atoms. The molecule has 0 aliphatic carbocycles. The van der Waals surface area contributed by atoms with Gasteiger partial charge in [-0.1, -0.05) is 11.6 Å². The third kappa shape index (κ3) is 4.67. The lowest BCUT2D eigenvalue weighted by Gasteiger charge is -2.31. The third-order valence-corrected chi connectivity index (χ3v) is 4.94. The van der Waals surface area contributed by atoms with E-state index < -0.39 is 43.5 Å². The Morgan fingerprint density at radius 3 is 2.63 bits per heavy atom. The Balaban J connectivity index is 2.78. The fraction of sp³-hybridized carbons (Fsp3) is 0.312. The van der Waals surface area contributed by atoms with E-state index in [0.717, 1.165) is 13.4 Å². The van der Waals surface area contributed by atoms with E-state index in [4.69, 9.17) is 31.2 Å². The number of nitriles is 1. The Morgan fingerprint density at radius 1 is 1.47 bits per heavy atom. The van der Waals surface area contributed by atoms with Gasteiger partial charge >= 0.3 is 17.5 Å². The first-order valence-corrected chi connectivity index (χ1v) is 10.4. The van der Waals surface area contributed by atoms with E-state index in [9.17, 15) is 23.3 Å². The molecule has 1 aromatic carbocycles. The van der Waals surface area contributed by atoms with Crippen LogP contribution in [0, 0.1) is 21.4 Å². The van der Waals surface area contributed by atoms with Gasteiger partial charge in [0.1, 0.15) is 5.75 Å². The molecule has 1 aromatic rings. The summed E-state index contributed by atoms with van der Waals surface area (Å²) in [5.74, 6) is -2.23. The number of carbonyl (C=O) groups is 1. The van der Waals surface area contributed by atoms with E-state index in [0.29, 0.717) is 5.06 Å². The number of sulfone groups is 1. The summed E-state index contributed by atoms with van der Waals surface area (Å²) in [6, 6.07) is 5.69. The maximum absolute atomic E-state index is 12.3. The van der Waals surface area contributed by atoms with E-state index in [1.165, 1.54) is 25.1 Å². The molecule has 1 unspecified atom stereocenters. The van der Waals surface area contributed by atoms with Gasteiger partial charge < -0.3 is 9.47 Å². The SMILES string of the molecule is CCOC(=O)C1=NC(S(C)(=O)=O)N(OC)C(Oc2cc(C#N)ccc2Cl)=C1[N+](=O)[O-]. The van der Waals surface area contributed by atoms with E-state index in [1.807, 2.05) is 6.07 Å². The first-order valence-electron chi connectivity index (χ1n) is 8.08. The molecule has 1 aliphatic rings. The Morgan fingerprint density at radius 2 is 2.13 bits per heavy atom. The predicted molar refractivity (Wildman–Crippen MR) is 102 cm³/mol. The van der Waals surface area contributed by atoms with Gasteiger partial charge in [-0.05, 0) is 19.1 Å². The van der Waals surface area contributed by atoms with Crippen LogP contribution in [0.2, 0.25) is 5.02 Å². The first-order chi connectivity index (χ1) is 14.0. The molecular weight excluding hydrogens is 444 g/mol. The lowest BCUT2D eigenvalue weighted by molar-refractivity contribution is -0.421. The van der Waals surface area contributed by atoms with E-state index in [-0.39, 0.29) is 22.9 Å². The quantitative estimate of drug-likeness (QED) is 0.330. The number of halogens is 1. The zero-order valence-electron chi connectivity index (χ0n) is 15.9. The number of hydroxylamine groups is 2. The summed E-state index contributed by atoms with van der Waals surface area (Å²) >= 11 is 6.04. The number of rotatable bonds is 7. The molecular formula is C16H15ClN4O8S. The number of hydrogen-bond donors (Lipinski definition) is 0. The number of carbonyl (C=O) groups excluding carboxylic acids is 1. The van der Waals surface area contributed by atoms with Gasteiger partial charge in [0.25, 0.3) is 5.50 Å². The second-order valence-electron chi connectivity index (χ2n) is 5.63. The summed E-state index contributed by atoms with van der Waals surface area (Å²) < 4.78 is 34.7. The summed E-state index contributed by atoms with van der Waals surface area (Å²) in [5, 5.41) is 21.3. The highest BCUT2D eigenvalue weighted by Gasteiger charge is 2.47. The van der Waals surface area contributed by atoms with Gasteiger partial charge in [0.05, 0.1) is 35.3 Å². The molecule has 0 aromatic heterocycles. The minimum absolute atomic E-state index is 0.0450. The third-order valence-electron chi connectivity index (χ3n) is 3.57. The highest BCUT2D eigenvalue weighted by Crippen LogP contribution is 2.32. The summed E-state index contributed by atoms with van der Waals surface area (Å²) in [6.45, 7) is 1.31. The number of aliphatic imine (C=N–C) groups is 1. The van der Waals surface area contributed by atoms with Crippen LogP contribution in [0.3, 0.4) is 0 Å². The van der Waals surface area contributed by atoms with Crippen LogP contribution in [-0.4, -0.2) is 55.6 Å². The molecule has 1 heterocycles. The maximum Gasteiger partial charge on any atom is 0.364 e. The Kier molecular flexibility index (Phi) is 6.98. The summed E-state index contributed by atoms with van der Waals surface area (Å²) in [4.78, 5) is 31.7. The monoisotopic (exact) mass is 458 g/mol. The van der Waals surface area contributed by atoms with Crippen molar-refractivity contribution in [1.29, 1.82) is 5.26 Å². The molecule has 0 saturated carbocycles.